The Morgan fingerprint density at radius 2 is 2.33 bits per heavy atom. The summed E-state index contributed by atoms with van der Waals surface area (Å²) in [7, 11) is 2.09. The summed E-state index contributed by atoms with van der Waals surface area (Å²) in [6.45, 7) is 2.70. The molecule has 18 heavy (non-hydrogen) atoms. The summed E-state index contributed by atoms with van der Waals surface area (Å²) in [5.74, 6) is -0.235. The molecule has 1 amide bonds. The van der Waals surface area contributed by atoms with E-state index in [-0.39, 0.29) is 16.8 Å². The molecule has 6 heteroatoms. The van der Waals surface area contributed by atoms with Gasteiger partial charge in [0.1, 0.15) is 10.8 Å². The smallest absolute Gasteiger partial charge is 0.271 e. The molecule has 1 aromatic heterocycles. The molecular formula is C12H17ClN4O. The lowest BCUT2D eigenvalue weighted by atomic mass is 10.3. The Morgan fingerprint density at radius 1 is 1.61 bits per heavy atom. The van der Waals surface area contributed by atoms with Crippen molar-refractivity contribution in [3.63, 3.8) is 0 Å². The first kappa shape index (κ1) is 13.2. The van der Waals surface area contributed by atoms with Gasteiger partial charge in [0.15, 0.2) is 0 Å². The van der Waals surface area contributed by atoms with Crippen molar-refractivity contribution in [2.24, 2.45) is 0 Å². The Bertz CT molecular complexity index is 436. The van der Waals surface area contributed by atoms with Crippen LogP contribution in [0.3, 0.4) is 0 Å². The largest absolute Gasteiger partial charge is 0.349 e. The van der Waals surface area contributed by atoms with Gasteiger partial charge in [0.25, 0.3) is 5.91 Å². The summed E-state index contributed by atoms with van der Waals surface area (Å²) in [5, 5.41) is 3.08. The van der Waals surface area contributed by atoms with Gasteiger partial charge in [0.2, 0.25) is 0 Å². The molecule has 1 atom stereocenters. The molecule has 1 unspecified atom stereocenters. The SMILES string of the molecule is CC(CNC(=O)c1cncc(Cl)n1)N(C)C1CC1. The molecule has 0 radical (unpaired) electrons. The predicted molar refractivity (Wildman–Crippen MR) is 69.6 cm³/mol. The van der Waals surface area contributed by atoms with Gasteiger partial charge in [-0.05, 0) is 26.8 Å². The van der Waals surface area contributed by atoms with Crippen LogP contribution in [0.25, 0.3) is 0 Å². The van der Waals surface area contributed by atoms with Crippen LogP contribution in [0.1, 0.15) is 30.3 Å². The van der Waals surface area contributed by atoms with Crippen LogP contribution < -0.4 is 5.32 Å². The van der Waals surface area contributed by atoms with E-state index in [4.69, 9.17) is 11.6 Å². The van der Waals surface area contributed by atoms with E-state index >= 15 is 0 Å². The molecule has 2 rings (SSSR count). The normalized spacial score (nSPS) is 16.7. The number of nitrogens with zero attached hydrogens (tertiary/aromatic N) is 3. The maximum absolute atomic E-state index is 11.8. The molecule has 0 bridgehead atoms. The summed E-state index contributed by atoms with van der Waals surface area (Å²) in [4.78, 5) is 21.9. The van der Waals surface area contributed by atoms with Gasteiger partial charge >= 0.3 is 0 Å². The van der Waals surface area contributed by atoms with Crippen molar-refractivity contribution in [2.45, 2.75) is 31.8 Å². The fourth-order valence-electron chi connectivity index (χ4n) is 1.77. The highest BCUT2D eigenvalue weighted by Gasteiger charge is 2.29. The third kappa shape index (κ3) is 3.40. The van der Waals surface area contributed by atoms with Gasteiger partial charge in [-0.3, -0.25) is 14.7 Å². The van der Waals surface area contributed by atoms with Gasteiger partial charge < -0.3 is 5.32 Å². The monoisotopic (exact) mass is 268 g/mol. The number of halogens is 1. The second kappa shape index (κ2) is 5.63. The summed E-state index contributed by atoms with van der Waals surface area (Å²) in [5.41, 5.74) is 0.253. The lowest BCUT2D eigenvalue weighted by Gasteiger charge is -2.24. The van der Waals surface area contributed by atoms with Crippen molar-refractivity contribution >= 4 is 17.5 Å². The highest BCUT2D eigenvalue weighted by Crippen LogP contribution is 2.26. The van der Waals surface area contributed by atoms with Gasteiger partial charge in [0.05, 0.1) is 12.4 Å². The fraction of sp³-hybridized carbons (Fsp3) is 0.583. The van der Waals surface area contributed by atoms with E-state index < -0.39 is 0 Å². The molecule has 1 aliphatic carbocycles. The van der Waals surface area contributed by atoms with Gasteiger partial charge in [-0.2, -0.15) is 0 Å². The van der Waals surface area contributed by atoms with Crippen LogP contribution in [-0.4, -0.2) is 46.5 Å². The molecule has 1 fully saturated rings. The summed E-state index contributed by atoms with van der Waals surface area (Å²) in [6, 6.07) is 0.997. The van der Waals surface area contributed by atoms with E-state index in [1.165, 1.54) is 25.2 Å². The molecule has 0 saturated heterocycles. The molecule has 1 saturated carbocycles. The molecular weight excluding hydrogens is 252 g/mol. The third-order valence-electron chi connectivity index (χ3n) is 3.21. The molecule has 1 heterocycles. The second-order valence-corrected chi connectivity index (χ2v) is 5.07. The zero-order valence-electron chi connectivity index (χ0n) is 10.6. The van der Waals surface area contributed by atoms with Crippen molar-refractivity contribution < 1.29 is 4.79 Å². The van der Waals surface area contributed by atoms with Crippen LogP contribution in [0.5, 0.6) is 0 Å². The zero-order valence-corrected chi connectivity index (χ0v) is 11.3. The number of hydrogen-bond acceptors (Lipinski definition) is 4. The second-order valence-electron chi connectivity index (χ2n) is 4.68. The number of nitrogens with one attached hydrogen (secondary N) is 1. The van der Waals surface area contributed by atoms with Crippen LogP contribution in [-0.2, 0) is 0 Å². The maximum Gasteiger partial charge on any atom is 0.271 e. The Hall–Kier alpha value is -1.20. The average molecular weight is 269 g/mol. The fourth-order valence-corrected chi connectivity index (χ4v) is 1.92. The molecule has 5 nitrogen and oxygen atoms in total. The van der Waals surface area contributed by atoms with Crippen LogP contribution in [0.15, 0.2) is 12.4 Å². The quantitative estimate of drug-likeness (QED) is 0.876. The lowest BCUT2D eigenvalue weighted by Crippen LogP contribution is -2.41. The molecule has 98 valence electrons. The van der Waals surface area contributed by atoms with E-state index in [2.05, 4.69) is 34.2 Å². The number of rotatable bonds is 5. The number of carbonyl (C=O) groups is 1. The number of aromatic nitrogens is 2. The van der Waals surface area contributed by atoms with Crippen molar-refractivity contribution in [3.05, 3.63) is 23.2 Å². The average Bonchev–Trinajstić information content (AvgIpc) is 3.18. The van der Waals surface area contributed by atoms with Crippen LogP contribution in [0.2, 0.25) is 5.15 Å². The number of likely N-dealkylation sites (N-methyl/N-ethyl adjacent to an activating group) is 1. The highest BCUT2D eigenvalue weighted by molar-refractivity contribution is 6.29. The molecule has 1 aliphatic rings. The topological polar surface area (TPSA) is 58.1 Å². The molecule has 1 N–H and O–H groups in total. The van der Waals surface area contributed by atoms with Gasteiger partial charge in [0, 0.05) is 18.6 Å². The van der Waals surface area contributed by atoms with E-state index in [1.54, 1.807) is 0 Å². The Balaban J connectivity index is 1.84. The minimum absolute atomic E-state index is 0.228. The Labute approximate surface area is 112 Å². The summed E-state index contributed by atoms with van der Waals surface area (Å²) in [6.07, 6.45) is 5.33. The lowest BCUT2D eigenvalue weighted by molar-refractivity contribution is 0.0934. The maximum atomic E-state index is 11.8. The first-order valence-electron chi connectivity index (χ1n) is 6.05. The van der Waals surface area contributed by atoms with Gasteiger partial charge in [-0.15, -0.1) is 0 Å². The van der Waals surface area contributed by atoms with Gasteiger partial charge in [-0.1, -0.05) is 11.6 Å². The first-order valence-corrected chi connectivity index (χ1v) is 6.43. The summed E-state index contributed by atoms with van der Waals surface area (Å²) < 4.78 is 0. The minimum atomic E-state index is -0.235. The van der Waals surface area contributed by atoms with Crippen LogP contribution >= 0.6 is 11.6 Å². The zero-order chi connectivity index (χ0) is 13.1. The molecule has 0 spiro atoms. The number of hydrogen-bond donors (Lipinski definition) is 1. The third-order valence-corrected chi connectivity index (χ3v) is 3.40. The van der Waals surface area contributed by atoms with Crippen molar-refractivity contribution in [1.82, 2.24) is 20.2 Å². The van der Waals surface area contributed by atoms with Crippen molar-refractivity contribution in [2.75, 3.05) is 13.6 Å². The minimum Gasteiger partial charge on any atom is -0.349 e. The van der Waals surface area contributed by atoms with Crippen molar-refractivity contribution in [1.29, 1.82) is 0 Å². The van der Waals surface area contributed by atoms with Crippen LogP contribution in [0, 0.1) is 0 Å². The van der Waals surface area contributed by atoms with E-state index in [1.807, 2.05) is 0 Å². The Kier molecular flexibility index (Phi) is 4.14. The van der Waals surface area contributed by atoms with E-state index in [0.717, 1.165) is 0 Å². The van der Waals surface area contributed by atoms with Gasteiger partial charge in [-0.25, -0.2) is 4.98 Å². The first-order chi connectivity index (χ1) is 8.58. The molecule has 0 aliphatic heterocycles. The predicted octanol–water partition coefficient (Wildman–Crippen LogP) is 1.34. The highest BCUT2D eigenvalue weighted by atomic mass is 35.5. The van der Waals surface area contributed by atoms with E-state index in [0.29, 0.717) is 18.6 Å². The van der Waals surface area contributed by atoms with Crippen molar-refractivity contribution in [3.8, 4) is 0 Å². The molecule has 1 aromatic rings. The summed E-state index contributed by atoms with van der Waals surface area (Å²) >= 11 is 5.69. The van der Waals surface area contributed by atoms with Crippen LogP contribution in [0.4, 0.5) is 0 Å². The standard InChI is InChI=1S/C12H17ClN4O/c1-8(17(2)9-3-4-9)5-15-12(18)10-6-14-7-11(13)16-10/h6-9H,3-5H2,1-2H3,(H,15,18). The number of amides is 1. The number of carbonyl (C=O) groups excluding carboxylic acids is 1. The molecule has 0 aromatic carbocycles. The van der Waals surface area contributed by atoms with E-state index in [9.17, 15) is 4.79 Å². The Morgan fingerprint density at radius 3 is 2.94 bits per heavy atom.